The van der Waals surface area contributed by atoms with Crippen LogP contribution in [0.15, 0.2) is 57.8 Å². The molecule has 1 aromatic heterocycles. The van der Waals surface area contributed by atoms with Gasteiger partial charge in [0.05, 0.1) is 0 Å². The Morgan fingerprint density at radius 3 is 2.42 bits per heavy atom. The fraction of sp³-hybridized carbons (Fsp3) is 0.375. The van der Waals surface area contributed by atoms with Crippen LogP contribution in [-0.4, -0.2) is 23.5 Å². The average Bonchev–Trinajstić information content (AvgIpc) is 3.11. The lowest BCUT2D eigenvalue weighted by atomic mass is 9.96. The summed E-state index contributed by atoms with van der Waals surface area (Å²) in [5, 5.41) is -0.719. The van der Waals surface area contributed by atoms with Crippen molar-refractivity contribution in [3.8, 4) is 0 Å². The SMILES string of the molecule is CC(c1cc(=O)n(C)o1)c1cc(F)c(CN2[C@@H](C)CC[C@H](c3ccccc3)S2(=O)=O)cc1F. The van der Waals surface area contributed by atoms with E-state index in [0.717, 1.165) is 16.9 Å². The van der Waals surface area contributed by atoms with E-state index in [4.69, 9.17) is 4.52 Å². The third kappa shape index (κ3) is 4.39. The van der Waals surface area contributed by atoms with Gasteiger partial charge in [-0.05, 0) is 37.5 Å². The number of hydrogen-bond acceptors (Lipinski definition) is 4. The quantitative estimate of drug-likeness (QED) is 0.545. The molecule has 1 fully saturated rings. The zero-order valence-electron chi connectivity index (χ0n) is 18.7. The Hall–Kier alpha value is -2.78. The number of nitrogens with zero attached hydrogens (tertiary/aromatic N) is 2. The molecule has 1 aliphatic heterocycles. The number of benzene rings is 2. The van der Waals surface area contributed by atoms with Crippen LogP contribution in [0.1, 0.15) is 60.3 Å². The Labute approximate surface area is 191 Å². The Morgan fingerprint density at radius 1 is 1.09 bits per heavy atom. The first-order valence-corrected chi connectivity index (χ1v) is 12.3. The molecule has 0 spiro atoms. The van der Waals surface area contributed by atoms with Crippen molar-refractivity contribution in [1.29, 1.82) is 0 Å². The number of aromatic nitrogens is 1. The largest absolute Gasteiger partial charge is 0.381 e. The number of sulfonamides is 1. The predicted molar refractivity (Wildman–Crippen MR) is 120 cm³/mol. The zero-order chi connectivity index (χ0) is 23.9. The molecule has 0 N–H and O–H groups in total. The van der Waals surface area contributed by atoms with Crippen LogP contribution in [0.4, 0.5) is 8.78 Å². The molecule has 0 saturated carbocycles. The van der Waals surface area contributed by atoms with Gasteiger partial charge in [0.1, 0.15) is 22.6 Å². The molecule has 3 atom stereocenters. The normalized spacial score (nSPS) is 21.7. The molecule has 1 saturated heterocycles. The van der Waals surface area contributed by atoms with Crippen LogP contribution >= 0.6 is 0 Å². The molecule has 2 heterocycles. The molecule has 2 aromatic carbocycles. The first-order valence-electron chi connectivity index (χ1n) is 10.8. The summed E-state index contributed by atoms with van der Waals surface area (Å²) in [6.45, 7) is 3.13. The summed E-state index contributed by atoms with van der Waals surface area (Å²) in [5.41, 5.74) is 0.297. The number of halogens is 2. The standard InChI is InChI=1S/C24H26F2N2O4S/c1-15-9-10-23(17-7-5-4-6-8-17)33(30,31)28(15)14-18-11-21(26)19(12-20(18)25)16(2)22-13-24(29)27(3)32-22/h4-8,11-13,15-16,23H,9-10,14H2,1-3H3/t15-,16?,23+/m0/s1. The molecule has 0 amide bonds. The fourth-order valence-corrected chi connectivity index (χ4v) is 6.56. The first kappa shape index (κ1) is 23.4. The summed E-state index contributed by atoms with van der Waals surface area (Å²) in [6, 6.07) is 11.9. The highest BCUT2D eigenvalue weighted by Crippen LogP contribution is 2.38. The van der Waals surface area contributed by atoms with E-state index in [0.29, 0.717) is 18.4 Å². The van der Waals surface area contributed by atoms with Crippen LogP contribution in [-0.2, 0) is 23.6 Å². The van der Waals surface area contributed by atoms with Crippen molar-refractivity contribution in [1.82, 2.24) is 9.05 Å². The predicted octanol–water partition coefficient (Wildman–Crippen LogP) is 4.46. The van der Waals surface area contributed by atoms with Crippen molar-refractivity contribution in [2.75, 3.05) is 0 Å². The molecule has 1 aliphatic rings. The van der Waals surface area contributed by atoms with Crippen molar-refractivity contribution < 1.29 is 21.7 Å². The topological polar surface area (TPSA) is 72.5 Å². The van der Waals surface area contributed by atoms with E-state index < -0.39 is 32.8 Å². The molecule has 1 unspecified atom stereocenters. The minimum absolute atomic E-state index is 0.0299. The summed E-state index contributed by atoms with van der Waals surface area (Å²) in [7, 11) is -2.34. The smallest absolute Gasteiger partial charge is 0.282 e. The summed E-state index contributed by atoms with van der Waals surface area (Å²) in [4.78, 5) is 11.7. The minimum atomic E-state index is -3.77. The van der Waals surface area contributed by atoms with Gasteiger partial charge >= 0.3 is 0 Å². The van der Waals surface area contributed by atoms with Gasteiger partial charge in [-0.2, -0.15) is 9.05 Å². The third-order valence-corrected chi connectivity index (χ3v) is 8.77. The van der Waals surface area contributed by atoms with E-state index in [2.05, 4.69) is 0 Å². The Morgan fingerprint density at radius 2 is 1.79 bits per heavy atom. The minimum Gasteiger partial charge on any atom is -0.381 e. The lowest BCUT2D eigenvalue weighted by molar-refractivity contribution is 0.270. The molecule has 6 nitrogen and oxygen atoms in total. The molecule has 0 aliphatic carbocycles. The molecule has 33 heavy (non-hydrogen) atoms. The molecular weight excluding hydrogens is 450 g/mol. The molecule has 4 rings (SSSR count). The second-order valence-electron chi connectivity index (χ2n) is 8.58. The maximum absolute atomic E-state index is 15.1. The average molecular weight is 477 g/mol. The van der Waals surface area contributed by atoms with Crippen molar-refractivity contribution in [2.24, 2.45) is 7.05 Å². The maximum atomic E-state index is 15.1. The van der Waals surface area contributed by atoms with Gasteiger partial charge in [-0.15, -0.1) is 0 Å². The number of aryl methyl sites for hydroxylation is 1. The summed E-state index contributed by atoms with van der Waals surface area (Å²) in [6.07, 6.45) is 1.09. The van der Waals surface area contributed by atoms with Gasteiger partial charge in [-0.3, -0.25) is 4.79 Å². The Kier molecular flexibility index (Phi) is 6.28. The van der Waals surface area contributed by atoms with Crippen LogP contribution in [0.2, 0.25) is 0 Å². The highest BCUT2D eigenvalue weighted by Gasteiger charge is 2.40. The van der Waals surface area contributed by atoms with Crippen LogP contribution in [0.5, 0.6) is 0 Å². The molecule has 9 heteroatoms. The third-order valence-electron chi connectivity index (χ3n) is 6.40. The van der Waals surface area contributed by atoms with Gasteiger partial charge in [-0.1, -0.05) is 37.3 Å². The van der Waals surface area contributed by atoms with E-state index in [1.165, 1.54) is 17.4 Å². The highest BCUT2D eigenvalue weighted by atomic mass is 32.2. The summed E-state index contributed by atoms with van der Waals surface area (Å²) < 4.78 is 64.4. The van der Waals surface area contributed by atoms with Crippen molar-refractivity contribution in [3.05, 3.63) is 93.0 Å². The molecule has 176 valence electrons. The number of rotatable bonds is 5. The lowest BCUT2D eigenvalue weighted by Gasteiger charge is -2.37. The van der Waals surface area contributed by atoms with Gasteiger partial charge in [0.2, 0.25) is 10.0 Å². The maximum Gasteiger partial charge on any atom is 0.282 e. The van der Waals surface area contributed by atoms with Gasteiger partial charge < -0.3 is 4.52 Å². The fourth-order valence-electron chi connectivity index (χ4n) is 4.38. The second kappa shape index (κ2) is 8.87. The van der Waals surface area contributed by atoms with E-state index in [9.17, 15) is 17.6 Å². The number of hydrogen-bond donors (Lipinski definition) is 0. The first-order chi connectivity index (χ1) is 15.6. The molecule has 3 aromatic rings. The van der Waals surface area contributed by atoms with E-state index >= 15 is 4.39 Å². The van der Waals surface area contributed by atoms with Gasteiger partial charge in [0.15, 0.2) is 0 Å². The van der Waals surface area contributed by atoms with Crippen LogP contribution in [0.3, 0.4) is 0 Å². The van der Waals surface area contributed by atoms with E-state index in [-0.39, 0.29) is 35.0 Å². The molecule has 0 bridgehead atoms. The van der Waals surface area contributed by atoms with Crippen LogP contribution in [0.25, 0.3) is 0 Å². The van der Waals surface area contributed by atoms with Crippen LogP contribution < -0.4 is 5.56 Å². The van der Waals surface area contributed by atoms with Crippen molar-refractivity contribution in [2.45, 2.75) is 50.4 Å². The Bertz CT molecular complexity index is 1320. The van der Waals surface area contributed by atoms with E-state index in [1.54, 1.807) is 38.1 Å². The van der Waals surface area contributed by atoms with Crippen molar-refractivity contribution in [3.63, 3.8) is 0 Å². The summed E-state index contributed by atoms with van der Waals surface area (Å²) in [5.74, 6) is -1.87. The van der Waals surface area contributed by atoms with Gasteiger partial charge in [-0.25, -0.2) is 17.2 Å². The van der Waals surface area contributed by atoms with Gasteiger partial charge in [0, 0.05) is 42.7 Å². The molecular formula is C24H26F2N2O4S. The van der Waals surface area contributed by atoms with Crippen molar-refractivity contribution >= 4 is 10.0 Å². The lowest BCUT2D eigenvalue weighted by Crippen LogP contribution is -2.44. The summed E-state index contributed by atoms with van der Waals surface area (Å²) >= 11 is 0. The Balaban J connectivity index is 1.64. The zero-order valence-corrected chi connectivity index (χ0v) is 19.5. The molecule has 0 radical (unpaired) electrons. The van der Waals surface area contributed by atoms with E-state index in [1.807, 2.05) is 6.07 Å². The second-order valence-corrected chi connectivity index (χ2v) is 10.6. The highest BCUT2D eigenvalue weighted by molar-refractivity contribution is 7.89. The van der Waals surface area contributed by atoms with Crippen LogP contribution in [0, 0.1) is 11.6 Å². The van der Waals surface area contributed by atoms with Gasteiger partial charge in [0.25, 0.3) is 5.56 Å². The monoisotopic (exact) mass is 476 g/mol.